The maximum absolute atomic E-state index is 13.1. The van der Waals surface area contributed by atoms with E-state index in [1.165, 1.54) is 22.9 Å². The van der Waals surface area contributed by atoms with Crippen LogP contribution < -0.4 is 5.32 Å². The van der Waals surface area contributed by atoms with Gasteiger partial charge in [-0.15, -0.1) is 0 Å². The van der Waals surface area contributed by atoms with Gasteiger partial charge in [-0.25, -0.2) is 4.39 Å². The molecule has 0 spiro atoms. The number of nitrogens with one attached hydrogen (secondary N) is 1. The Kier molecular flexibility index (Phi) is 4.73. The van der Waals surface area contributed by atoms with Gasteiger partial charge in [-0.05, 0) is 32.0 Å². The van der Waals surface area contributed by atoms with E-state index >= 15 is 0 Å². The zero-order valence-corrected chi connectivity index (χ0v) is 13.0. The molecule has 0 saturated heterocycles. The number of hydrogen-bond donors (Lipinski definition) is 1. The Bertz CT molecular complexity index is 757. The van der Waals surface area contributed by atoms with Crippen LogP contribution in [0.1, 0.15) is 18.3 Å². The van der Waals surface area contributed by atoms with Gasteiger partial charge in [0.1, 0.15) is 17.2 Å². The monoisotopic (exact) mass is 320 g/mol. The van der Waals surface area contributed by atoms with Gasteiger partial charge in [-0.1, -0.05) is 13.0 Å². The van der Waals surface area contributed by atoms with Gasteiger partial charge in [-0.3, -0.25) is 19.6 Å². The van der Waals surface area contributed by atoms with E-state index in [1.54, 1.807) is 26.8 Å². The van der Waals surface area contributed by atoms with Crippen molar-refractivity contribution in [3.05, 3.63) is 51.6 Å². The number of halogens is 1. The van der Waals surface area contributed by atoms with Crippen molar-refractivity contribution in [2.24, 2.45) is 5.92 Å². The van der Waals surface area contributed by atoms with E-state index in [2.05, 4.69) is 10.4 Å². The van der Waals surface area contributed by atoms with Crippen molar-refractivity contribution in [1.29, 1.82) is 0 Å². The SMILES string of the molecule is Cc1nn(CC(C)C(=O)Nc2cccc(F)c2)c(C)c1[N+](=O)[O-]. The lowest BCUT2D eigenvalue weighted by atomic mass is 10.1. The normalized spacial score (nSPS) is 12.0. The highest BCUT2D eigenvalue weighted by Crippen LogP contribution is 2.22. The molecular weight excluding hydrogens is 303 g/mol. The van der Waals surface area contributed by atoms with Crippen LogP contribution in [0.4, 0.5) is 15.8 Å². The van der Waals surface area contributed by atoms with Crippen molar-refractivity contribution in [2.45, 2.75) is 27.3 Å². The number of carbonyl (C=O) groups is 1. The molecule has 0 radical (unpaired) electrons. The number of nitrogens with zero attached hydrogens (tertiary/aromatic N) is 3. The lowest BCUT2D eigenvalue weighted by Gasteiger charge is -2.13. The number of aryl methyl sites for hydroxylation is 1. The Labute approximate surface area is 132 Å². The van der Waals surface area contributed by atoms with Gasteiger partial charge in [0.15, 0.2) is 0 Å². The minimum atomic E-state index is -0.490. The summed E-state index contributed by atoms with van der Waals surface area (Å²) < 4.78 is 14.6. The van der Waals surface area contributed by atoms with Gasteiger partial charge in [0.25, 0.3) is 0 Å². The van der Waals surface area contributed by atoms with Crippen molar-refractivity contribution >= 4 is 17.3 Å². The van der Waals surface area contributed by atoms with Gasteiger partial charge in [0.2, 0.25) is 5.91 Å². The van der Waals surface area contributed by atoms with E-state index in [0.717, 1.165) is 0 Å². The van der Waals surface area contributed by atoms with Crippen molar-refractivity contribution in [3.8, 4) is 0 Å². The molecule has 1 heterocycles. The summed E-state index contributed by atoms with van der Waals surface area (Å²) in [6, 6.07) is 5.59. The Hall–Kier alpha value is -2.77. The standard InChI is InChI=1S/C15H17FN4O3/c1-9(15(21)17-13-6-4-5-12(16)7-13)8-19-11(3)14(20(22)23)10(2)18-19/h4-7,9H,8H2,1-3H3,(H,17,21). The van der Waals surface area contributed by atoms with Crippen LogP contribution in [0.2, 0.25) is 0 Å². The highest BCUT2D eigenvalue weighted by molar-refractivity contribution is 5.92. The Morgan fingerprint density at radius 2 is 2.17 bits per heavy atom. The second kappa shape index (κ2) is 6.55. The smallest absolute Gasteiger partial charge is 0.312 e. The number of hydrogen-bond acceptors (Lipinski definition) is 4. The average Bonchev–Trinajstić information content (AvgIpc) is 2.73. The number of anilines is 1. The number of carbonyl (C=O) groups excluding carboxylic acids is 1. The molecule has 1 aromatic heterocycles. The first-order valence-electron chi connectivity index (χ1n) is 7.04. The molecule has 2 rings (SSSR count). The lowest BCUT2D eigenvalue weighted by molar-refractivity contribution is -0.386. The number of amides is 1. The van der Waals surface area contributed by atoms with Gasteiger partial charge in [0, 0.05) is 5.69 Å². The summed E-state index contributed by atoms with van der Waals surface area (Å²) in [6.45, 7) is 5.02. The van der Waals surface area contributed by atoms with E-state index < -0.39 is 16.7 Å². The van der Waals surface area contributed by atoms with Crippen molar-refractivity contribution in [3.63, 3.8) is 0 Å². The Morgan fingerprint density at radius 1 is 1.48 bits per heavy atom. The molecule has 8 heteroatoms. The third-order valence-electron chi connectivity index (χ3n) is 3.51. The largest absolute Gasteiger partial charge is 0.326 e. The second-order valence-electron chi connectivity index (χ2n) is 5.36. The van der Waals surface area contributed by atoms with Crippen molar-refractivity contribution in [1.82, 2.24) is 9.78 Å². The van der Waals surface area contributed by atoms with Crippen LogP contribution >= 0.6 is 0 Å². The summed E-state index contributed by atoms with van der Waals surface area (Å²) in [6.07, 6.45) is 0. The van der Waals surface area contributed by atoms with E-state index in [4.69, 9.17) is 0 Å². The fourth-order valence-electron chi connectivity index (χ4n) is 2.30. The summed E-state index contributed by atoms with van der Waals surface area (Å²) in [5.74, 6) is -1.24. The maximum Gasteiger partial charge on any atom is 0.312 e. The zero-order valence-electron chi connectivity index (χ0n) is 13.0. The summed E-state index contributed by atoms with van der Waals surface area (Å²) in [4.78, 5) is 22.7. The second-order valence-corrected chi connectivity index (χ2v) is 5.36. The molecular formula is C15H17FN4O3. The fourth-order valence-corrected chi connectivity index (χ4v) is 2.30. The predicted molar refractivity (Wildman–Crippen MR) is 82.5 cm³/mol. The molecule has 0 fully saturated rings. The summed E-state index contributed by atoms with van der Waals surface area (Å²) in [5.41, 5.74) is 1.03. The third-order valence-corrected chi connectivity index (χ3v) is 3.51. The van der Waals surface area contributed by atoms with Gasteiger partial charge in [0.05, 0.1) is 17.4 Å². The van der Waals surface area contributed by atoms with Crippen LogP contribution in [0.25, 0.3) is 0 Å². The summed E-state index contributed by atoms with van der Waals surface area (Å²) in [7, 11) is 0. The van der Waals surface area contributed by atoms with Crippen molar-refractivity contribution < 1.29 is 14.1 Å². The first kappa shape index (κ1) is 16.6. The molecule has 1 unspecified atom stereocenters. The van der Waals surface area contributed by atoms with E-state index in [0.29, 0.717) is 17.1 Å². The average molecular weight is 320 g/mol. The molecule has 1 aromatic carbocycles. The molecule has 1 amide bonds. The molecule has 0 saturated carbocycles. The Balaban J connectivity index is 2.10. The van der Waals surface area contributed by atoms with Gasteiger partial charge >= 0.3 is 5.69 Å². The first-order valence-corrected chi connectivity index (χ1v) is 7.04. The number of aromatic nitrogens is 2. The number of nitro groups is 1. The van der Waals surface area contributed by atoms with Crippen LogP contribution in [0.5, 0.6) is 0 Å². The summed E-state index contributed by atoms with van der Waals surface area (Å²) in [5, 5.41) is 17.7. The summed E-state index contributed by atoms with van der Waals surface area (Å²) >= 11 is 0. The van der Waals surface area contributed by atoms with E-state index in [1.807, 2.05) is 0 Å². The molecule has 0 bridgehead atoms. The molecule has 2 aromatic rings. The first-order chi connectivity index (χ1) is 10.8. The number of rotatable bonds is 5. The quantitative estimate of drug-likeness (QED) is 0.677. The van der Waals surface area contributed by atoms with Crippen LogP contribution in [-0.2, 0) is 11.3 Å². The third kappa shape index (κ3) is 3.71. The highest BCUT2D eigenvalue weighted by Gasteiger charge is 2.24. The molecule has 23 heavy (non-hydrogen) atoms. The van der Waals surface area contributed by atoms with Gasteiger partial charge in [-0.2, -0.15) is 5.10 Å². The lowest BCUT2D eigenvalue weighted by Crippen LogP contribution is -2.25. The van der Waals surface area contributed by atoms with Gasteiger partial charge < -0.3 is 5.32 Å². The molecule has 7 nitrogen and oxygen atoms in total. The maximum atomic E-state index is 13.1. The van der Waals surface area contributed by atoms with E-state index in [-0.39, 0.29) is 18.1 Å². The molecule has 0 aliphatic rings. The molecule has 1 atom stereocenters. The minimum absolute atomic E-state index is 0.0391. The Morgan fingerprint density at radius 3 is 2.74 bits per heavy atom. The number of benzene rings is 1. The zero-order chi connectivity index (χ0) is 17.1. The molecule has 1 N–H and O–H groups in total. The predicted octanol–water partition coefficient (Wildman–Crippen LogP) is 2.82. The topological polar surface area (TPSA) is 90.1 Å². The van der Waals surface area contributed by atoms with Crippen molar-refractivity contribution in [2.75, 3.05) is 5.32 Å². The molecule has 0 aliphatic heterocycles. The van der Waals surface area contributed by atoms with Crippen LogP contribution in [0, 0.1) is 35.7 Å². The van der Waals surface area contributed by atoms with Crippen LogP contribution in [0.3, 0.4) is 0 Å². The van der Waals surface area contributed by atoms with Crippen LogP contribution in [0.15, 0.2) is 24.3 Å². The highest BCUT2D eigenvalue weighted by atomic mass is 19.1. The van der Waals surface area contributed by atoms with E-state index in [9.17, 15) is 19.3 Å². The minimum Gasteiger partial charge on any atom is -0.326 e. The fraction of sp³-hybridized carbons (Fsp3) is 0.333. The molecule has 122 valence electrons. The van der Waals surface area contributed by atoms with Crippen LogP contribution in [-0.4, -0.2) is 20.6 Å². The molecule has 0 aliphatic carbocycles.